The molecule has 3 atom stereocenters. The van der Waals surface area contributed by atoms with Gasteiger partial charge in [-0.1, -0.05) is 44.9 Å². The zero-order valence-electron chi connectivity index (χ0n) is 16.8. The molecule has 3 rings (SSSR count). The van der Waals surface area contributed by atoms with Gasteiger partial charge in [-0.25, -0.2) is 0 Å². The first kappa shape index (κ1) is 20.1. The van der Waals surface area contributed by atoms with E-state index < -0.39 is 0 Å². The minimum absolute atomic E-state index is 0.0716. The van der Waals surface area contributed by atoms with E-state index in [0.29, 0.717) is 22.9 Å². The summed E-state index contributed by atoms with van der Waals surface area (Å²) in [5.74, 6) is 0.506. The predicted octanol–water partition coefficient (Wildman–Crippen LogP) is 2.37. The zero-order valence-corrected chi connectivity index (χ0v) is 16.8. The van der Waals surface area contributed by atoms with Crippen molar-refractivity contribution in [3.8, 4) is 0 Å². The van der Waals surface area contributed by atoms with Gasteiger partial charge in [0.2, 0.25) is 11.8 Å². The van der Waals surface area contributed by atoms with Gasteiger partial charge in [0.05, 0.1) is 6.54 Å². The third-order valence-corrected chi connectivity index (χ3v) is 6.03. The maximum atomic E-state index is 12.7. The van der Waals surface area contributed by atoms with Crippen molar-refractivity contribution in [3.63, 3.8) is 0 Å². The van der Waals surface area contributed by atoms with Crippen LogP contribution in [-0.4, -0.2) is 29.0 Å². The average Bonchev–Trinajstić information content (AvgIpc) is 2.67. The van der Waals surface area contributed by atoms with E-state index in [2.05, 4.69) is 24.5 Å². The molecule has 2 amide bonds. The summed E-state index contributed by atoms with van der Waals surface area (Å²) in [6, 6.07) is 9.38. The third kappa shape index (κ3) is 4.43. The topological polar surface area (TPSA) is 80.2 Å². The molecule has 1 aromatic carbocycles. The van der Waals surface area contributed by atoms with E-state index in [0.717, 1.165) is 18.2 Å². The highest BCUT2D eigenvalue weighted by Gasteiger charge is 2.28. The van der Waals surface area contributed by atoms with Crippen molar-refractivity contribution in [1.29, 1.82) is 0 Å². The molecule has 0 saturated heterocycles. The monoisotopic (exact) mass is 383 g/mol. The molecule has 1 aromatic heterocycles. The summed E-state index contributed by atoms with van der Waals surface area (Å²) >= 11 is 0. The lowest BCUT2D eigenvalue weighted by Gasteiger charge is -2.34. The number of carbonyl (C=O) groups excluding carboxylic acids is 2. The van der Waals surface area contributed by atoms with Gasteiger partial charge in [-0.15, -0.1) is 0 Å². The molecule has 6 nitrogen and oxygen atoms in total. The first-order chi connectivity index (χ1) is 13.4. The number of carbonyl (C=O) groups is 2. The molecular weight excluding hydrogens is 354 g/mol. The Labute approximate surface area is 165 Å². The van der Waals surface area contributed by atoms with E-state index in [1.54, 1.807) is 19.1 Å². The molecule has 0 aliphatic heterocycles. The normalized spacial score (nSPS) is 22.0. The molecule has 2 N–H and O–H groups in total. The number of nitrogens with one attached hydrogen (secondary N) is 2. The van der Waals surface area contributed by atoms with Crippen LogP contribution in [-0.2, 0) is 16.1 Å². The van der Waals surface area contributed by atoms with E-state index >= 15 is 0 Å². The molecule has 0 radical (unpaired) electrons. The zero-order chi connectivity index (χ0) is 20.3. The number of amides is 2. The summed E-state index contributed by atoms with van der Waals surface area (Å²) in [5.41, 5.74) is 0.522. The second-order valence-electron chi connectivity index (χ2n) is 7.98. The van der Waals surface area contributed by atoms with Crippen molar-refractivity contribution in [3.05, 3.63) is 46.4 Å². The highest BCUT2D eigenvalue weighted by Crippen LogP contribution is 2.29. The van der Waals surface area contributed by atoms with E-state index in [9.17, 15) is 14.4 Å². The molecule has 1 aliphatic carbocycles. The molecule has 3 unspecified atom stereocenters. The van der Waals surface area contributed by atoms with Gasteiger partial charge in [0.1, 0.15) is 6.54 Å². The molecule has 6 heteroatoms. The molecule has 1 fully saturated rings. The highest BCUT2D eigenvalue weighted by atomic mass is 16.2. The fraction of sp³-hybridized carbons (Fsp3) is 0.500. The lowest BCUT2D eigenvalue weighted by Crippen LogP contribution is -2.47. The van der Waals surface area contributed by atoms with Crippen LogP contribution < -0.4 is 16.2 Å². The number of fused-ring (bicyclic) bond motifs is 1. The molecule has 1 heterocycles. The van der Waals surface area contributed by atoms with E-state index in [-0.39, 0.29) is 36.5 Å². The van der Waals surface area contributed by atoms with Crippen LogP contribution in [0.2, 0.25) is 0 Å². The van der Waals surface area contributed by atoms with E-state index in [4.69, 9.17) is 0 Å². The number of hydrogen-bond acceptors (Lipinski definition) is 3. The molecule has 1 aliphatic rings. The van der Waals surface area contributed by atoms with Crippen molar-refractivity contribution in [2.45, 2.75) is 52.6 Å². The van der Waals surface area contributed by atoms with Crippen LogP contribution in [0.4, 0.5) is 0 Å². The molecule has 2 aromatic rings. The van der Waals surface area contributed by atoms with Gasteiger partial charge in [0, 0.05) is 17.1 Å². The minimum Gasteiger partial charge on any atom is -0.352 e. The minimum atomic E-state index is -0.347. The van der Waals surface area contributed by atoms with Gasteiger partial charge in [-0.05, 0) is 42.7 Å². The Kier molecular flexibility index (Phi) is 6.17. The Hall–Kier alpha value is -2.63. The maximum Gasteiger partial charge on any atom is 0.259 e. The van der Waals surface area contributed by atoms with Crippen molar-refractivity contribution in [2.75, 3.05) is 6.54 Å². The molecule has 150 valence electrons. The van der Waals surface area contributed by atoms with Crippen molar-refractivity contribution in [2.24, 2.45) is 11.8 Å². The number of pyridine rings is 1. The van der Waals surface area contributed by atoms with Crippen molar-refractivity contribution in [1.82, 2.24) is 15.2 Å². The number of rotatable bonds is 5. The largest absolute Gasteiger partial charge is 0.352 e. The Morgan fingerprint density at radius 2 is 1.89 bits per heavy atom. The molecule has 1 saturated carbocycles. The van der Waals surface area contributed by atoms with Gasteiger partial charge >= 0.3 is 0 Å². The van der Waals surface area contributed by atoms with Crippen LogP contribution in [0.15, 0.2) is 35.1 Å². The quantitative estimate of drug-likeness (QED) is 0.832. The van der Waals surface area contributed by atoms with Crippen LogP contribution in [0.1, 0.15) is 38.8 Å². The van der Waals surface area contributed by atoms with Gasteiger partial charge < -0.3 is 15.2 Å². The van der Waals surface area contributed by atoms with Crippen molar-refractivity contribution >= 4 is 22.6 Å². The SMILES string of the molecule is Cc1cc2ccccc2c(=O)n1CC(=O)NCC(=O)NC1CCCC(C)C1C. The Morgan fingerprint density at radius 1 is 1.14 bits per heavy atom. The van der Waals surface area contributed by atoms with Crippen LogP contribution in [0.5, 0.6) is 0 Å². The predicted molar refractivity (Wildman–Crippen MR) is 110 cm³/mol. The van der Waals surface area contributed by atoms with E-state index in [1.165, 1.54) is 11.0 Å². The summed E-state index contributed by atoms with van der Waals surface area (Å²) in [5, 5.41) is 7.12. The Morgan fingerprint density at radius 3 is 2.68 bits per heavy atom. The fourth-order valence-corrected chi connectivity index (χ4v) is 4.04. The summed E-state index contributed by atoms with van der Waals surface area (Å²) in [4.78, 5) is 37.2. The molecule has 0 bridgehead atoms. The van der Waals surface area contributed by atoms with Crippen LogP contribution in [0, 0.1) is 18.8 Å². The molecular formula is C22H29N3O3. The summed E-state index contributed by atoms with van der Waals surface area (Å²) in [6.45, 7) is 6.02. The highest BCUT2D eigenvalue weighted by molar-refractivity contribution is 5.85. The molecule has 0 spiro atoms. The Bertz CT molecular complexity index is 934. The lowest BCUT2D eigenvalue weighted by molar-refractivity contribution is -0.127. The first-order valence-corrected chi connectivity index (χ1v) is 10.0. The molecule has 28 heavy (non-hydrogen) atoms. The number of aryl methyl sites for hydroxylation is 1. The third-order valence-electron chi connectivity index (χ3n) is 6.03. The van der Waals surface area contributed by atoms with Gasteiger partial charge in [-0.2, -0.15) is 0 Å². The maximum absolute atomic E-state index is 12.7. The number of benzene rings is 1. The van der Waals surface area contributed by atoms with Crippen LogP contribution in [0.25, 0.3) is 10.8 Å². The van der Waals surface area contributed by atoms with Gasteiger partial charge in [0.25, 0.3) is 5.56 Å². The van der Waals surface area contributed by atoms with Gasteiger partial charge in [-0.3, -0.25) is 14.4 Å². The average molecular weight is 383 g/mol. The fourth-order valence-electron chi connectivity index (χ4n) is 4.04. The first-order valence-electron chi connectivity index (χ1n) is 10.0. The number of hydrogen-bond donors (Lipinski definition) is 2. The standard InChI is InChI=1S/C22H29N3O3/c1-14-7-6-10-19(16(14)3)24-20(26)12-23-21(27)13-25-15(2)11-17-8-4-5-9-18(17)22(25)28/h4-5,8-9,11,14,16,19H,6-7,10,12-13H2,1-3H3,(H,23,27)(H,24,26). The van der Waals surface area contributed by atoms with Gasteiger partial charge in [0.15, 0.2) is 0 Å². The smallest absolute Gasteiger partial charge is 0.259 e. The number of nitrogens with zero attached hydrogens (tertiary/aromatic N) is 1. The summed E-state index contributed by atoms with van der Waals surface area (Å²) in [7, 11) is 0. The second kappa shape index (κ2) is 8.59. The van der Waals surface area contributed by atoms with Crippen molar-refractivity contribution < 1.29 is 9.59 Å². The van der Waals surface area contributed by atoms with Crippen LogP contribution in [0.3, 0.4) is 0 Å². The summed E-state index contributed by atoms with van der Waals surface area (Å²) in [6.07, 6.45) is 3.30. The summed E-state index contributed by atoms with van der Waals surface area (Å²) < 4.78 is 1.44. The lowest BCUT2D eigenvalue weighted by atomic mass is 9.78. The Balaban J connectivity index is 1.58. The van der Waals surface area contributed by atoms with Crippen LogP contribution >= 0.6 is 0 Å². The number of aromatic nitrogens is 1. The van der Waals surface area contributed by atoms with E-state index in [1.807, 2.05) is 18.2 Å². The second-order valence-corrected chi connectivity index (χ2v) is 7.98.